The van der Waals surface area contributed by atoms with Gasteiger partial charge >= 0.3 is 0 Å². The maximum absolute atomic E-state index is 13.7. The molecule has 0 amide bonds. The highest BCUT2D eigenvalue weighted by Crippen LogP contribution is 2.48. The van der Waals surface area contributed by atoms with Crippen LogP contribution in [0.25, 0.3) is 22.3 Å². The average molecular weight is 1190 g/mol. The second-order valence-corrected chi connectivity index (χ2v) is 21.8. The molecule has 0 spiro atoms. The van der Waals surface area contributed by atoms with Gasteiger partial charge in [-0.1, -0.05) is 38.8 Å². The van der Waals surface area contributed by atoms with E-state index < -0.39 is 64.0 Å². The molecule has 7 N–H and O–H groups in total. The SMILES string of the molecule is CCCCc1[nH]c(=O)c(S(=O)(=O)c2ccc(N)cc2)c(O)c1-c1c(OC)cccc1OC.CCCCc1[nH]c(=O)c(S(=O)(=O)c2ccc(Nc3ccc(F)nc3)cc2)c(O)c1-c1c(OC)cccc1OC.Fc1ccc(Br)cn1. The second-order valence-electron chi connectivity index (χ2n) is 17.1. The molecule has 18 nitrogen and oxygen atoms in total. The van der Waals surface area contributed by atoms with E-state index >= 15 is 0 Å². The first kappa shape index (κ1) is 60.0. The van der Waals surface area contributed by atoms with E-state index in [9.17, 15) is 45.4 Å². The number of ether oxygens (including phenoxy) is 4. The number of nitrogen functional groups attached to an aromatic ring is 1. The lowest BCUT2D eigenvalue weighted by Crippen LogP contribution is -2.21. The number of aromatic nitrogens is 4. The number of halogens is 3. The predicted octanol–water partition coefficient (Wildman–Crippen LogP) is 10.7. The molecule has 0 saturated heterocycles. The van der Waals surface area contributed by atoms with Crippen molar-refractivity contribution in [3.8, 4) is 56.8 Å². The fourth-order valence-corrected chi connectivity index (χ4v) is 11.1. The van der Waals surface area contributed by atoms with Crippen molar-refractivity contribution in [1.82, 2.24) is 19.9 Å². The fourth-order valence-electron chi connectivity index (χ4n) is 8.13. The van der Waals surface area contributed by atoms with Gasteiger partial charge in [0.15, 0.2) is 9.79 Å². The summed E-state index contributed by atoms with van der Waals surface area (Å²) < 4.78 is 102. The van der Waals surface area contributed by atoms with Gasteiger partial charge in [0, 0.05) is 33.4 Å². The molecule has 0 atom stereocenters. The van der Waals surface area contributed by atoms with E-state index in [-0.39, 0.29) is 20.9 Å². The van der Waals surface area contributed by atoms with Gasteiger partial charge in [-0.3, -0.25) is 9.59 Å². The first-order chi connectivity index (χ1) is 37.7. The first-order valence-corrected chi connectivity index (χ1v) is 28.0. The highest BCUT2D eigenvalue weighted by Gasteiger charge is 2.33. The lowest BCUT2D eigenvalue weighted by molar-refractivity contribution is 0.395. The molecular weight excluding hydrogens is 1130 g/mol. The smallest absolute Gasteiger partial charge is 0.271 e. The number of nitrogens with one attached hydrogen (secondary N) is 3. The number of unbranched alkanes of at least 4 members (excludes halogenated alkanes) is 2. The van der Waals surface area contributed by atoms with E-state index in [0.717, 1.165) is 17.3 Å². The standard InChI is InChI=1S/C28H28FN3O6S.C23H26N2O6S.C5H3BrFN/c1-4-5-7-20-24(25-21(37-2)8-6-9-22(25)38-3)26(33)27(28(34)32-20)39(35,36)19-13-10-17(11-14-19)31-18-12-15-23(29)30-16-18;1-4-5-7-16-19(20-17(30-2)8-6-9-18(20)31-3)21(26)22(23(27)25-16)32(28,29)15-12-10-14(24)11-13-15;6-4-1-2-5(7)8-3-4/h6,8-16,31H,4-5,7H2,1-3H3,(H2,32,33,34);6,8-13H,4-5,7,24H2,1-3H3,(H2,25,26,27);1-3H. The van der Waals surface area contributed by atoms with E-state index in [1.165, 1.54) is 108 Å². The molecule has 416 valence electrons. The third-order valence-corrected chi connectivity index (χ3v) is 16.1. The molecule has 0 unspecified atom stereocenters. The van der Waals surface area contributed by atoms with Gasteiger partial charge in [-0.05, 0) is 139 Å². The second kappa shape index (κ2) is 26.9. The van der Waals surface area contributed by atoms with E-state index in [0.29, 0.717) is 88.3 Å². The molecule has 8 rings (SSSR count). The lowest BCUT2D eigenvalue weighted by atomic mass is 9.98. The molecule has 0 aliphatic heterocycles. The molecule has 79 heavy (non-hydrogen) atoms. The highest BCUT2D eigenvalue weighted by molar-refractivity contribution is 9.10. The summed E-state index contributed by atoms with van der Waals surface area (Å²) in [7, 11) is -3.02. The van der Waals surface area contributed by atoms with Gasteiger partial charge in [-0.25, -0.2) is 26.8 Å². The molecule has 0 aliphatic carbocycles. The largest absolute Gasteiger partial charge is 0.506 e. The van der Waals surface area contributed by atoms with Gasteiger partial charge in [0.1, 0.15) is 34.5 Å². The van der Waals surface area contributed by atoms with Gasteiger partial charge in [-0.15, -0.1) is 0 Å². The molecule has 0 bridgehead atoms. The van der Waals surface area contributed by atoms with Crippen LogP contribution in [0, 0.1) is 11.9 Å². The Labute approximate surface area is 463 Å². The molecular formula is C56H57BrF2N6O12S2. The number of rotatable bonds is 18. The number of benzene rings is 4. The number of aromatic hydroxyl groups is 2. The van der Waals surface area contributed by atoms with Crippen LogP contribution in [-0.2, 0) is 32.5 Å². The van der Waals surface area contributed by atoms with Gasteiger partial charge in [0.05, 0.1) is 72.4 Å². The van der Waals surface area contributed by atoms with Crippen LogP contribution in [0.3, 0.4) is 0 Å². The fraction of sp³-hybridized carbons (Fsp3) is 0.214. The molecule has 4 heterocycles. The van der Waals surface area contributed by atoms with Crippen molar-refractivity contribution in [1.29, 1.82) is 0 Å². The number of nitrogens with zero attached hydrogens (tertiary/aromatic N) is 2. The molecule has 4 aromatic heterocycles. The Bertz CT molecular complexity index is 3690. The van der Waals surface area contributed by atoms with Gasteiger partial charge in [0.25, 0.3) is 11.1 Å². The number of aryl methyl sites for hydroxylation is 2. The molecule has 0 radical (unpaired) electrons. The third kappa shape index (κ3) is 13.9. The summed E-state index contributed by atoms with van der Waals surface area (Å²) in [6, 6.07) is 26.6. The molecule has 4 aromatic carbocycles. The number of anilines is 3. The predicted molar refractivity (Wildman–Crippen MR) is 299 cm³/mol. The van der Waals surface area contributed by atoms with Crippen LogP contribution >= 0.6 is 15.9 Å². The number of sulfone groups is 2. The van der Waals surface area contributed by atoms with E-state index in [2.05, 4.69) is 41.2 Å². The maximum atomic E-state index is 13.7. The Kier molecular flexibility index (Phi) is 20.4. The van der Waals surface area contributed by atoms with Crippen LogP contribution in [0.4, 0.5) is 25.8 Å². The van der Waals surface area contributed by atoms with Crippen molar-refractivity contribution in [2.24, 2.45) is 0 Å². The summed E-state index contributed by atoms with van der Waals surface area (Å²) in [4.78, 5) is 36.5. The van der Waals surface area contributed by atoms with Gasteiger partial charge in [-0.2, -0.15) is 8.78 Å². The van der Waals surface area contributed by atoms with Crippen LogP contribution in [0.1, 0.15) is 50.9 Å². The van der Waals surface area contributed by atoms with Crippen molar-refractivity contribution in [2.75, 3.05) is 39.5 Å². The van der Waals surface area contributed by atoms with Crippen molar-refractivity contribution < 1.29 is 54.8 Å². The Morgan fingerprint density at radius 1 is 0.557 bits per heavy atom. The third-order valence-electron chi connectivity index (χ3n) is 12.0. The van der Waals surface area contributed by atoms with E-state index in [1.807, 2.05) is 13.8 Å². The zero-order valence-corrected chi connectivity index (χ0v) is 46.9. The molecule has 23 heteroatoms. The topological polar surface area (TPSA) is 275 Å². The highest BCUT2D eigenvalue weighted by atomic mass is 79.9. The van der Waals surface area contributed by atoms with Crippen molar-refractivity contribution in [2.45, 2.75) is 72.0 Å². The van der Waals surface area contributed by atoms with E-state index in [4.69, 9.17) is 24.7 Å². The maximum Gasteiger partial charge on any atom is 0.271 e. The normalized spacial score (nSPS) is 11.1. The van der Waals surface area contributed by atoms with Crippen molar-refractivity contribution in [3.63, 3.8) is 0 Å². The zero-order valence-electron chi connectivity index (χ0n) is 43.7. The van der Waals surface area contributed by atoms with E-state index in [1.54, 1.807) is 42.5 Å². The molecule has 0 aliphatic rings. The summed E-state index contributed by atoms with van der Waals surface area (Å²) in [5, 5.41) is 25.7. The van der Waals surface area contributed by atoms with Gasteiger partial charge in [0.2, 0.25) is 31.6 Å². The average Bonchev–Trinajstić information content (AvgIpc) is 3.45. The number of nitrogens with two attached hydrogens (primary N) is 1. The Morgan fingerprint density at radius 3 is 1.28 bits per heavy atom. The zero-order chi connectivity index (χ0) is 57.6. The van der Waals surface area contributed by atoms with Crippen LogP contribution in [-0.4, -0.2) is 75.4 Å². The number of methoxy groups -OCH3 is 4. The summed E-state index contributed by atoms with van der Waals surface area (Å²) in [5.74, 6) is -1.02. The molecule has 0 fully saturated rings. The van der Waals surface area contributed by atoms with Crippen molar-refractivity contribution >= 4 is 52.7 Å². The number of H-pyrrole nitrogens is 2. The summed E-state index contributed by atoms with van der Waals surface area (Å²) >= 11 is 3.12. The number of hydrogen-bond acceptors (Lipinski definition) is 16. The number of pyridine rings is 4. The lowest BCUT2D eigenvalue weighted by Gasteiger charge is -2.19. The van der Waals surface area contributed by atoms with Crippen molar-refractivity contribution in [3.05, 3.63) is 170 Å². The Morgan fingerprint density at radius 2 is 0.937 bits per heavy atom. The Balaban J connectivity index is 0.000000226. The minimum atomic E-state index is -4.47. The number of aromatic amines is 2. The van der Waals surface area contributed by atoms with Crippen LogP contribution in [0.2, 0.25) is 0 Å². The van der Waals surface area contributed by atoms with Crippen LogP contribution < -0.4 is 41.1 Å². The quantitative estimate of drug-likeness (QED) is 0.0344. The number of hydrogen-bond donors (Lipinski definition) is 6. The molecule has 8 aromatic rings. The summed E-state index contributed by atoms with van der Waals surface area (Å²) in [6.45, 7) is 3.96. The summed E-state index contributed by atoms with van der Waals surface area (Å²) in [5.41, 5.74) is 6.93. The first-order valence-electron chi connectivity index (χ1n) is 24.3. The van der Waals surface area contributed by atoms with Crippen LogP contribution in [0.15, 0.2) is 155 Å². The minimum absolute atomic E-state index is 0.123. The monoisotopic (exact) mass is 1190 g/mol. The minimum Gasteiger partial charge on any atom is -0.506 e. The van der Waals surface area contributed by atoms with Crippen LogP contribution in [0.5, 0.6) is 34.5 Å². The van der Waals surface area contributed by atoms with Gasteiger partial charge < -0.3 is 50.2 Å². The summed E-state index contributed by atoms with van der Waals surface area (Å²) in [6.07, 6.45) is 6.54. The molecule has 0 saturated carbocycles. The Hall–Kier alpha value is -8.28.